The molecule has 2 rings (SSSR count). The lowest BCUT2D eigenvalue weighted by atomic mass is 10.1. The Morgan fingerprint density at radius 3 is 2.19 bits per heavy atom. The fraction of sp³-hybridized carbons (Fsp3) is 0.125. The topological polar surface area (TPSA) is 74.6 Å². The molecule has 0 saturated heterocycles. The zero-order valence-electron chi connectivity index (χ0n) is 11.1. The molecular formula is C16H14O4S. The van der Waals surface area contributed by atoms with Crippen LogP contribution >= 0.6 is 11.8 Å². The monoisotopic (exact) mass is 302 g/mol. The van der Waals surface area contributed by atoms with Crippen molar-refractivity contribution in [3.8, 4) is 0 Å². The summed E-state index contributed by atoms with van der Waals surface area (Å²) in [4.78, 5) is 22.9. The molecule has 2 aromatic carbocycles. The summed E-state index contributed by atoms with van der Waals surface area (Å²) in [6.45, 7) is 0. The van der Waals surface area contributed by atoms with Gasteiger partial charge in [-0.25, -0.2) is 4.79 Å². The van der Waals surface area contributed by atoms with E-state index >= 15 is 0 Å². The van der Waals surface area contributed by atoms with Crippen LogP contribution in [0.4, 0.5) is 0 Å². The SMILES string of the molecule is O=C(O)CC(Sc1ccccc1C(=O)O)c1ccccc1. The van der Waals surface area contributed by atoms with Gasteiger partial charge in [0.25, 0.3) is 0 Å². The van der Waals surface area contributed by atoms with E-state index in [-0.39, 0.29) is 17.2 Å². The molecule has 0 heterocycles. The van der Waals surface area contributed by atoms with Gasteiger partial charge in [-0.2, -0.15) is 0 Å². The van der Waals surface area contributed by atoms with Crippen LogP contribution < -0.4 is 0 Å². The molecule has 0 radical (unpaired) electrons. The second-order valence-corrected chi connectivity index (χ2v) is 5.66. The van der Waals surface area contributed by atoms with Crippen molar-refractivity contribution in [1.82, 2.24) is 0 Å². The average Bonchev–Trinajstić information content (AvgIpc) is 2.47. The molecule has 0 amide bonds. The maximum atomic E-state index is 11.2. The van der Waals surface area contributed by atoms with Gasteiger partial charge in [0.2, 0.25) is 0 Å². The molecule has 0 aromatic heterocycles. The molecule has 2 N–H and O–H groups in total. The lowest BCUT2D eigenvalue weighted by Crippen LogP contribution is -2.05. The molecule has 0 bridgehead atoms. The molecule has 0 aliphatic rings. The van der Waals surface area contributed by atoms with Gasteiger partial charge in [-0.1, -0.05) is 42.5 Å². The summed E-state index contributed by atoms with van der Waals surface area (Å²) < 4.78 is 0. The van der Waals surface area contributed by atoms with Crippen LogP contribution in [-0.2, 0) is 4.79 Å². The highest BCUT2D eigenvalue weighted by atomic mass is 32.2. The van der Waals surface area contributed by atoms with E-state index in [9.17, 15) is 14.7 Å². The van der Waals surface area contributed by atoms with Crippen LogP contribution in [0.2, 0.25) is 0 Å². The number of carboxylic acids is 2. The van der Waals surface area contributed by atoms with Crippen LogP contribution in [0.1, 0.15) is 27.6 Å². The van der Waals surface area contributed by atoms with Crippen LogP contribution in [0.15, 0.2) is 59.5 Å². The van der Waals surface area contributed by atoms with Gasteiger partial charge in [-0.05, 0) is 17.7 Å². The van der Waals surface area contributed by atoms with Crippen molar-refractivity contribution in [2.75, 3.05) is 0 Å². The third-order valence-electron chi connectivity index (χ3n) is 2.92. The van der Waals surface area contributed by atoms with Gasteiger partial charge < -0.3 is 10.2 Å². The largest absolute Gasteiger partial charge is 0.481 e. The third-order valence-corrected chi connectivity index (χ3v) is 4.25. The molecule has 5 heteroatoms. The van der Waals surface area contributed by atoms with Crippen molar-refractivity contribution < 1.29 is 19.8 Å². The van der Waals surface area contributed by atoms with Crippen LogP contribution in [0.5, 0.6) is 0 Å². The average molecular weight is 302 g/mol. The second-order valence-electron chi connectivity index (χ2n) is 4.42. The summed E-state index contributed by atoms with van der Waals surface area (Å²) in [6.07, 6.45) is -0.0668. The summed E-state index contributed by atoms with van der Waals surface area (Å²) >= 11 is 1.26. The van der Waals surface area contributed by atoms with Crippen molar-refractivity contribution >= 4 is 23.7 Å². The number of carboxylic acid groups (broad SMARTS) is 2. The maximum absolute atomic E-state index is 11.2. The Morgan fingerprint density at radius 2 is 1.57 bits per heavy atom. The van der Waals surface area contributed by atoms with Gasteiger partial charge in [0.1, 0.15) is 0 Å². The lowest BCUT2D eigenvalue weighted by Gasteiger charge is -2.16. The van der Waals surface area contributed by atoms with Crippen LogP contribution in [0.3, 0.4) is 0 Å². The number of carbonyl (C=O) groups is 2. The zero-order chi connectivity index (χ0) is 15.2. The normalized spacial score (nSPS) is 11.8. The van der Waals surface area contributed by atoms with E-state index in [1.54, 1.807) is 18.2 Å². The highest BCUT2D eigenvalue weighted by molar-refractivity contribution is 7.99. The molecule has 0 spiro atoms. The third kappa shape index (κ3) is 4.10. The van der Waals surface area contributed by atoms with E-state index in [0.29, 0.717) is 4.90 Å². The first kappa shape index (κ1) is 15.1. The molecule has 2 aromatic rings. The zero-order valence-corrected chi connectivity index (χ0v) is 11.9. The number of hydrogen-bond donors (Lipinski definition) is 2. The molecule has 1 atom stereocenters. The first-order valence-electron chi connectivity index (χ1n) is 6.33. The van der Waals surface area contributed by atoms with Gasteiger partial charge in [-0.3, -0.25) is 4.79 Å². The first-order valence-corrected chi connectivity index (χ1v) is 7.21. The number of rotatable bonds is 6. The Bertz CT molecular complexity index is 640. The minimum absolute atomic E-state index is 0.0668. The summed E-state index contributed by atoms with van der Waals surface area (Å²) in [5.74, 6) is -1.93. The first-order chi connectivity index (χ1) is 10.1. The van der Waals surface area contributed by atoms with Crippen molar-refractivity contribution in [3.05, 3.63) is 65.7 Å². The molecule has 0 saturated carbocycles. The highest BCUT2D eigenvalue weighted by Gasteiger charge is 2.20. The standard InChI is InChI=1S/C16H14O4S/c17-15(18)10-14(11-6-2-1-3-7-11)21-13-9-5-4-8-12(13)16(19)20/h1-9,14H,10H2,(H,17,18)(H,19,20). The predicted octanol–water partition coefficient (Wildman–Crippen LogP) is 3.69. The van der Waals surface area contributed by atoms with Gasteiger partial charge in [0.05, 0.1) is 12.0 Å². The van der Waals surface area contributed by atoms with E-state index in [4.69, 9.17) is 5.11 Å². The fourth-order valence-electron chi connectivity index (χ4n) is 1.95. The number of benzene rings is 2. The Morgan fingerprint density at radius 1 is 0.952 bits per heavy atom. The smallest absolute Gasteiger partial charge is 0.336 e. The van der Waals surface area contributed by atoms with E-state index in [1.165, 1.54) is 17.8 Å². The molecule has 4 nitrogen and oxygen atoms in total. The van der Waals surface area contributed by atoms with Crippen molar-refractivity contribution in [3.63, 3.8) is 0 Å². The summed E-state index contributed by atoms with van der Waals surface area (Å²) in [7, 11) is 0. The number of aromatic carboxylic acids is 1. The van der Waals surface area contributed by atoms with Gasteiger partial charge in [0.15, 0.2) is 0 Å². The van der Waals surface area contributed by atoms with Crippen molar-refractivity contribution in [2.24, 2.45) is 0 Å². The van der Waals surface area contributed by atoms with E-state index in [0.717, 1.165) is 5.56 Å². The van der Waals surface area contributed by atoms with Gasteiger partial charge in [-0.15, -0.1) is 11.8 Å². The van der Waals surface area contributed by atoms with Crippen molar-refractivity contribution in [2.45, 2.75) is 16.6 Å². The minimum Gasteiger partial charge on any atom is -0.481 e. The second kappa shape index (κ2) is 6.95. The van der Waals surface area contributed by atoms with Crippen LogP contribution in [0, 0.1) is 0 Å². The van der Waals surface area contributed by atoms with Crippen molar-refractivity contribution in [1.29, 1.82) is 0 Å². The summed E-state index contributed by atoms with van der Waals surface area (Å²) in [5, 5.41) is 17.9. The van der Waals surface area contributed by atoms with E-state index in [1.807, 2.05) is 30.3 Å². The Balaban J connectivity index is 2.32. The Kier molecular flexibility index (Phi) is 5.00. The van der Waals surface area contributed by atoms with E-state index in [2.05, 4.69) is 0 Å². The quantitative estimate of drug-likeness (QED) is 0.796. The predicted molar refractivity (Wildman–Crippen MR) is 80.7 cm³/mol. The van der Waals surface area contributed by atoms with E-state index < -0.39 is 11.9 Å². The number of thioether (sulfide) groups is 1. The highest BCUT2D eigenvalue weighted by Crippen LogP contribution is 2.39. The van der Waals surface area contributed by atoms with Gasteiger partial charge >= 0.3 is 11.9 Å². The number of hydrogen-bond acceptors (Lipinski definition) is 3. The maximum Gasteiger partial charge on any atom is 0.336 e. The van der Waals surface area contributed by atoms with Crippen LogP contribution in [-0.4, -0.2) is 22.2 Å². The number of aliphatic carboxylic acids is 1. The Hall–Kier alpha value is -2.27. The molecule has 0 aliphatic carbocycles. The Labute approximate surface area is 126 Å². The molecule has 108 valence electrons. The summed E-state index contributed by atoms with van der Waals surface area (Å²) in [6, 6.07) is 15.9. The molecule has 21 heavy (non-hydrogen) atoms. The fourth-order valence-corrected chi connectivity index (χ4v) is 3.22. The minimum atomic E-state index is -1.01. The summed E-state index contributed by atoms with van der Waals surface area (Å²) in [5.41, 5.74) is 1.05. The molecular weight excluding hydrogens is 288 g/mol. The molecule has 1 unspecified atom stereocenters. The lowest BCUT2D eigenvalue weighted by molar-refractivity contribution is -0.137. The molecule has 0 aliphatic heterocycles. The molecule has 0 fully saturated rings. The van der Waals surface area contributed by atoms with Crippen LogP contribution in [0.25, 0.3) is 0 Å². The van der Waals surface area contributed by atoms with Gasteiger partial charge in [0, 0.05) is 10.1 Å².